The number of benzene rings is 2. The fraction of sp³-hybridized carbons (Fsp3) is 0.235. The highest BCUT2D eigenvalue weighted by molar-refractivity contribution is 5.56. The number of halogens is 1. The molecular formula is C17H15FN2O. The molecule has 0 bridgehead atoms. The molecule has 0 fully saturated rings. The van der Waals surface area contributed by atoms with Crippen LogP contribution < -0.4 is 10.1 Å². The maximum Gasteiger partial charge on any atom is 0.160 e. The van der Waals surface area contributed by atoms with E-state index in [0.717, 1.165) is 5.56 Å². The van der Waals surface area contributed by atoms with Gasteiger partial charge in [0.25, 0.3) is 0 Å². The summed E-state index contributed by atoms with van der Waals surface area (Å²) < 4.78 is 19.1. The third-order valence-corrected chi connectivity index (χ3v) is 3.88. The molecule has 2 aromatic carbocycles. The molecule has 106 valence electrons. The molecule has 2 unspecified atom stereocenters. The number of fused-ring (bicyclic) bond motifs is 1. The monoisotopic (exact) mass is 282 g/mol. The van der Waals surface area contributed by atoms with E-state index >= 15 is 0 Å². The highest BCUT2D eigenvalue weighted by Crippen LogP contribution is 2.42. The van der Waals surface area contributed by atoms with Crippen molar-refractivity contribution in [3.05, 3.63) is 59.9 Å². The molecule has 0 spiro atoms. The normalized spacial score (nSPS) is 23.6. The Hall–Kier alpha value is -2.54. The summed E-state index contributed by atoms with van der Waals surface area (Å²) in [6.07, 6.45) is 0. The van der Waals surface area contributed by atoms with Crippen LogP contribution in [0.2, 0.25) is 0 Å². The van der Waals surface area contributed by atoms with Crippen LogP contribution >= 0.6 is 0 Å². The molecule has 0 amide bonds. The van der Waals surface area contributed by atoms with Gasteiger partial charge in [0.15, 0.2) is 5.54 Å². The largest absolute Gasteiger partial charge is 0.493 e. The molecule has 0 saturated carbocycles. The van der Waals surface area contributed by atoms with Gasteiger partial charge in [-0.1, -0.05) is 31.2 Å². The van der Waals surface area contributed by atoms with Crippen LogP contribution in [0, 0.1) is 23.1 Å². The summed E-state index contributed by atoms with van der Waals surface area (Å²) in [5, 5.41) is 13.0. The second-order valence-electron chi connectivity index (χ2n) is 5.26. The van der Waals surface area contributed by atoms with Gasteiger partial charge in [0.05, 0.1) is 12.7 Å². The van der Waals surface area contributed by atoms with Crippen LogP contribution in [0.25, 0.3) is 0 Å². The molecule has 21 heavy (non-hydrogen) atoms. The highest BCUT2D eigenvalue weighted by Gasteiger charge is 2.44. The third kappa shape index (κ3) is 2.21. The number of nitrogens with one attached hydrogen (secondary N) is 1. The van der Waals surface area contributed by atoms with Crippen molar-refractivity contribution in [1.29, 1.82) is 5.26 Å². The van der Waals surface area contributed by atoms with Gasteiger partial charge in [0.1, 0.15) is 11.6 Å². The summed E-state index contributed by atoms with van der Waals surface area (Å²) in [4.78, 5) is 0. The summed E-state index contributed by atoms with van der Waals surface area (Å²) in [6, 6.07) is 16.0. The number of anilines is 1. The van der Waals surface area contributed by atoms with Crippen molar-refractivity contribution in [2.24, 2.45) is 5.92 Å². The maximum atomic E-state index is 13.4. The van der Waals surface area contributed by atoms with Crippen LogP contribution in [-0.4, -0.2) is 6.61 Å². The van der Waals surface area contributed by atoms with Crippen molar-refractivity contribution >= 4 is 5.69 Å². The molecule has 4 heteroatoms. The second-order valence-corrected chi connectivity index (χ2v) is 5.26. The van der Waals surface area contributed by atoms with E-state index in [4.69, 9.17) is 4.74 Å². The number of hydrogen-bond donors (Lipinski definition) is 1. The Labute approximate surface area is 123 Å². The van der Waals surface area contributed by atoms with Gasteiger partial charge < -0.3 is 10.1 Å². The molecule has 3 rings (SSSR count). The lowest BCUT2D eigenvalue weighted by molar-refractivity contribution is 0.186. The topological polar surface area (TPSA) is 45.0 Å². The molecule has 1 aliphatic heterocycles. The molecule has 2 aromatic rings. The number of hydrogen-bond acceptors (Lipinski definition) is 3. The summed E-state index contributed by atoms with van der Waals surface area (Å²) in [5.74, 6) is 0.294. The van der Waals surface area contributed by atoms with Crippen molar-refractivity contribution in [1.82, 2.24) is 0 Å². The standard InChI is InChI=1S/C17H15FN2O/c1-12-10-21-16-8-3-2-7-15(16)17(12,11-19)20-14-6-4-5-13(18)9-14/h2-9,12,20H,10H2,1H3. The number of rotatable bonds is 2. The van der Waals surface area contributed by atoms with Crippen LogP contribution in [0.4, 0.5) is 10.1 Å². The minimum absolute atomic E-state index is 0.0688. The van der Waals surface area contributed by atoms with Gasteiger partial charge in [-0.05, 0) is 24.3 Å². The predicted octanol–water partition coefficient (Wildman–Crippen LogP) is 3.69. The first-order chi connectivity index (χ1) is 10.2. The van der Waals surface area contributed by atoms with Gasteiger partial charge >= 0.3 is 0 Å². The Kier molecular flexibility index (Phi) is 3.26. The number of nitriles is 1. The van der Waals surface area contributed by atoms with Crippen LogP contribution in [0.5, 0.6) is 5.75 Å². The van der Waals surface area contributed by atoms with Crippen molar-refractivity contribution in [2.45, 2.75) is 12.5 Å². The van der Waals surface area contributed by atoms with E-state index in [-0.39, 0.29) is 11.7 Å². The highest BCUT2D eigenvalue weighted by atomic mass is 19.1. The molecule has 1 aliphatic rings. The van der Waals surface area contributed by atoms with E-state index in [9.17, 15) is 9.65 Å². The van der Waals surface area contributed by atoms with E-state index in [1.165, 1.54) is 12.1 Å². The van der Waals surface area contributed by atoms with E-state index in [2.05, 4.69) is 11.4 Å². The Morgan fingerprint density at radius 2 is 2.10 bits per heavy atom. The Morgan fingerprint density at radius 3 is 2.86 bits per heavy atom. The first-order valence-electron chi connectivity index (χ1n) is 6.83. The number of para-hydroxylation sites is 1. The number of ether oxygens (including phenoxy) is 1. The van der Waals surface area contributed by atoms with Crippen LogP contribution in [0.3, 0.4) is 0 Å². The quantitative estimate of drug-likeness (QED) is 0.913. The average Bonchev–Trinajstić information content (AvgIpc) is 2.50. The summed E-state index contributed by atoms with van der Waals surface area (Å²) in [7, 11) is 0. The van der Waals surface area contributed by atoms with Crippen LogP contribution in [0.15, 0.2) is 48.5 Å². The lowest BCUT2D eigenvalue weighted by Crippen LogP contribution is -2.46. The molecule has 0 radical (unpaired) electrons. The van der Waals surface area contributed by atoms with E-state index < -0.39 is 5.54 Å². The predicted molar refractivity (Wildman–Crippen MR) is 78.4 cm³/mol. The van der Waals surface area contributed by atoms with E-state index in [1.54, 1.807) is 12.1 Å². The zero-order valence-electron chi connectivity index (χ0n) is 11.6. The summed E-state index contributed by atoms with van der Waals surface area (Å²) in [5.41, 5.74) is 0.443. The van der Waals surface area contributed by atoms with Gasteiger partial charge in [-0.3, -0.25) is 0 Å². The Morgan fingerprint density at radius 1 is 1.29 bits per heavy atom. The lowest BCUT2D eigenvalue weighted by Gasteiger charge is -2.39. The van der Waals surface area contributed by atoms with Crippen molar-refractivity contribution in [3.8, 4) is 11.8 Å². The first-order valence-corrected chi connectivity index (χ1v) is 6.83. The molecule has 2 atom stereocenters. The summed E-state index contributed by atoms with van der Waals surface area (Å²) >= 11 is 0. The smallest absolute Gasteiger partial charge is 0.160 e. The van der Waals surface area contributed by atoms with Crippen molar-refractivity contribution < 1.29 is 9.13 Å². The summed E-state index contributed by atoms with van der Waals surface area (Å²) in [6.45, 7) is 2.39. The Balaban J connectivity index is 2.09. The van der Waals surface area contributed by atoms with Gasteiger partial charge in [0.2, 0.25) is 0 Å². The van der Waals surface area contributed by atoms with E-state index in [0.29, 0.717) is 18.0 Å². The molecule has 3 nitrogen and oxygen atoms in total. The number of nitrogens with zero attached hydrogens (tertiary/aromatic N) is 1. The minimum Gasteiger partial charge on any atom is -0.493 e. The third-order valence-electron chi connectivity index (χ3n) is 3.88. The van der Waals surface area contributed by atoms with Crippen molar-refractivity contribution in [2.75, 3.05) is 11.9 Å². The average molecular weight is 282 g/mol. The molecule has 0 aliphatic carbocycles. The van der Waals surface area contributed by atoms with Crippen molar-refractivity contribution in [3.63, 3.8) is 0 Å². The fourth-order valence-corrected chi connectivity index (χ4v) is 2.71. The molecule has 0 aromatic heterocycles. The fourth-order valence-electron chi connectivity index (χ4n) is 2.71. The van der Waals surface area contributed by atoms with Crippen LogP contribution in [-0.2, 0) is 5.54 Å². The zero-order valence-corrected chi connectivity index (χ0v) is 11.6. The van der Waals surface area contributed by atoms with Gasteiger partial charge in [-0.15, -0.1) is 0 Å². The van der Waals surface area contributed by atoms with Gasteiger partial charge in [-0.2, -0.15) is 5.26 Å². The van der Waals surface area contributed by atoms with Gasteiger partial charge in [-0.25, -0.2) is 4.39 Å². The van der Waals surface area contributed by atoms with Gasteiger partial charge in [0, 0.05) is 17.2 Å². The molecular weight excluding hydrogens is 267 g/mol. The SMILES string of the molecule is CC1COc2ccccc2C1(C#N)Nc1cccc(F)c1. The Bertz CT molecular complexity index is 710. The minimum atomic E-state index is -0.928. The lowest BCUT2D eigenvalue weighted by atomic mass is 9.78. The van der Waals surface area contributed by atoms with Crippen LogP contribution in [0.1, 0.15) is 12.5 Å². The maximum absolute atomic E-state index is 13.4. The van der Waals surface area contributed by atoms with E-state index in [1.807, 2.05) is 31.2 Å². The first kappa shape index (κ1) is 13.4. The molecule has 0 saturated heterocycles. The zero-order chi connectivity index (χ0) is 14.9. The second kappa shape index (κ2) is 5.10. The molecule has 1 heterocycles. The molecule has 1 N–H and O–H groups in total.